The van der Waals surface area contributed by atoms with E-state index in [-0.39, 0.29) is 37.4 Å². The van der Waals surface area contributed by atoms with Gasteiger partial charge in [-0.15, -0.1) is 5.10 Å². The highest BCUT2D eigenvalue weighted by atomic mass is 32.2. The number of aromatic nitrogens is 4. The van der Waals surface area contributed by atoms with Crippen LogP contribution in [0.15, 0.2) is 58.6 Å². The lowest BCUT2D eigenvalue weighted by molar-refractivity contribution is -0.123. The highest BCUT2D eigenvalue weighted by Gasteiger charge is 2.31. The monoisotopic (exact) mass is 526 g/mol. The van der Waals surface area contributed by atoms with Crippen molar-refractivity contribution in [3.63, 3.8) is 0 Å². The smallest absolute Gasteiger partial charge is 0.266 e. The minimum atomic E-state index is -0.195. The van der Waals surface area contributed by atoms with Crippen LogP contribution in [0.2, 0.25) is 0 Å². The van der Waals surface area contributed by atoms with Crippen molar-refractivity contribution in [1.29, 1.82) is 0 Å². The Morgan fingerprint density at radius 3 is 2.89 bits per heavy atom. The standard InChI is InChI=1S/C22H18N6O4S3/c29-19(12-34-21-24-25-26-28(21)15-4-2-1-3-5-15)23-8-9-27-20(30)18(35-22(27)33)11-14-6-7-16-17(10-14)32-13-31-16/h1-7,10-11H,8-9,12-13H2,(H,23,29). The molecule has 1 aromatic heterocycles. The van der Waals surface area contributed by atoms with E-state index in [4.69, 9.17) is 21.7 Å². The van der Waals surface area contributed by atoms with Crippen LogP contribution in [0.1, 0.15) is 5.56 Å². The number of nitrogens with zero attached hydrogens (tertiary/aromatic N) is 5. The van der Waals surface area contributed by atoms with E-state index in [1.54, 1.807) is 16.8 Å². The van der Waals surface area contributed by atoms with Crippen LogP contribution >= 0.6 is 35.7 Å². The Morgan fingerprint density at radius 2 is 2.03 bits per heavy atom. The Labute approximate surface area is 214 Å². The largest absolute Gasteiger partial charge is 0.454 e. The molecule has 3 aromatic rings. The Bertz CT molecular complexity index is 1310. The van der Waals surface area contributed by atoms with Crippen LogP contribution in [-0.4, -0.2) is 66.9 Å². The minimum Gasteiger partial charge on any atom is -0.454 e. The maximum atomic E-state index is 12.8. The van der Waals surface area contributed by atoms with Gasteiger partial charge in [0.1, 0.15) is 4.32 Å². The lowest BCUT2D eigenvalue weighted by atomic mass is 10.2. The molecule has 2 amide bonds. The van der Waals surface area contributed by atoms with Crippen molar-refractivity contribution in [2.45, 2.75) is 5.16 Å². The zero-order valence-electron chi connectivity index (χ0n) is 18.1. The van der Waals surface area contributed by atoms with E-state index in [9.17, 15) is 9.59 Å². The average Bonchev–Trinajstić information content (AvgIpc) is 3.59. The van der Waals surface area contributed by atoms with E-state index in [1.807, 2.05) is 42.5 Å². The number of thioether (sulfide) groups is 2. The second-order valence-corrected chi connectivity index (χ2v) is 9.91. The first-order chi connectivity index (χ1) is 17.1. The second kappa shape index (κ2) is 10.5. The van der Waals surface area contributed by atoms with Gasteiger partial charge < -0.3 is 14.8 Å². The first-order valence-corrected chi connectivity index (χ1v) is 12.7. The summed E-state index contributed by atoms with van der Waals surface area (Å²) in [5, 5.41) is 15.0. The predicted molar refractivity (Wildman–Crippen MR) is 135 cm³/mol. The first-order valence-electron chi connectivity index (χ1n) is 10.5. The number of nitrogens with one attached hydrogen (secondary N) is 1. The molecule has 3 heterocycles. The Hall–Kier alpha value is -3.42. The van der Waals surface area contributed by atoms with E-state index in [1.165, 1.54) is 28.4 Å². The molecule has 2 aliphatic rings. The number of carbonyl (C=O) groups excluding carboxylic acids is 2. The van der Waals surface area contributed by atoms with Gasteiger partial charge in [-0.25, -0.2) is 0 Å². The number of para-hydroxylation sites is 1. The van der Waals surface area contributed by atoms with Crippen LogP contribution in [-0.2, 0) is 9.59 Å². The molecule has 0 bridgehead atoms. The van der Waals surface area contributed by atoms with E-state index >= 15 is 0 Å². The molecule has 13 heteroatoms. The molecular formula is C22H18N6O4S3. The van der Waals surface area contributed by atoms with Crippen LogP contribution in [0.3, 0.4) is 0 Å². The lowest BCUT2D eigenvalue weighted by Crippen LogP contribution is -2.37. The molecule has 0 saturated carbocycles. The third-order valence-corrected chi connectivity index (χ3v) is 7.30. The number of hydrogen-bond acceptors (Lipinski definition) is 10. The molecule has 178 valence electrons. The van der Waals surface area contributed by atoms with Crippen molar-refractivity contribution >= 4 is 58.0 Å². The van der Waals surface area contributed by atoms with E-state index < -0.39 is 0 Å². The van der Waals surface area contributed by atoms with E-state index in [0.717, 1.165) is 11.3 Å². The number of hydrogen-bond donors (Lipinski definition) is 1. The van der Waals surface area contributed by atoms with Gasteiger partial charge in [0.05, 0.1) is 16.3 Å². The molecule has 2 aliphatic heterocycles. The summed E-state index contributed by atoms with van der Waals surface area (Å²) in [6.45, 7) is 0.739. The van der Waals surface area contributed by atoms with Gasteiger partial charge in [0, 0.05) is 13.1 Å². The summed E-state index contributed by atoms with van der Waals surface area (Å²) in [6, 6.07) is 14.9. The molecule has 5 rings (SSSR count). The zero-order valence-corrected chi connectivity index (χ0v) is 20.6. The lowest BCUT2D eigenvalue weighted by Gasteiger charge is -2.14. The number of amides is 2. The number of benzene rings is 2. The van der Waals surface area contributed by atoms with Crippen molar-refractivity contribution in [2.75, 3.05) is 25.6 Å². The summed E-state index contributed by atoms with van der Waals surface area (Å²) >= 11 is 7.83. The molecule has 1 fully saturated rings. The van der Waals surface area contributed by atoms with Crippen molar-refractivity contribution in [3.8, 4) is 17.2 Å². The number of tetrazole rings is 1. The number of thiocarbonyl (C=S) groups is 1. The summed E-state index contributed by atoms with van der Waals surface area (Å²) in [5.41, 5.74) is 1.63. The highest BCUT2D eigenvalue weighted by Crippen LogP contribution is 2.36. The fraction of sp³-hybridized carbons (Fsp3) is 0.182. The molecule has 0 radical (unpaired) electrons. The van der Waals surface area contributed by atoms with E-state index in [0.29, 0.717) is 25.9 Å². The molecule has 2 aromatic carbocycles. The van der Waals surface area contributed by atoms with Gasteiger partial charge in [0.15, 0.2) is 11.5 Å². The minimum absolute atomic E-state index is 0.135. The molecular weight excluding hydrogens is 508 g/mol. The SMILES string of the molecule is O=C(CSc1nnnn1-c1ccccc1)NCCN1C(=O)C(=Cc2ccc3c(c2)OCO3)SC1=S. The number of ether oxygens (including phenoxy) is 2. The zero-order chi connectivity index (χ0) is 24.2. The highest BCUT2D eigenvalue weighted by molar-refractivity contribution is 8.26. The Morgan fingerprint density at radius 1 is 1.20 bits per heavy atom. The van der Waals surface area contributed by atoms with Crippen molar-refractivity contribution < 1.29 is 19.1 Å². The normalized spacial score (nSPS) is 15.8. The molecule has 1 N–H and O–H groups in total. The van der Waals surface area contributed by atoms with Gasteiger partial charge in [-0.2, -0.15) is 4.68 Å². The average molecular weight is 527 g/mol. The summed E-state index contributed by atoms with van der Waals surface area (Å²) in [6.07, 6.45) is 1.77. The van der Waals surface area contributed by atoms with Crippen molar-refractivity contribution in [1.82, 2.24) is 30.4 Å². The predicted octanol–water partition coefficient (Wildman–Crippen LogP) is 2.50. The quantitative estimate of drug-likeness (QED) is 0.267. The topological polar surface area (TPSA) is 111 Å². The Kier molecular flexibility index (Phi) is 6.97. The van der Waals surface area contributed by atoms with Crippen LogP contribution in [0.5, 0.6) is 11.5 Å². The van der Waals surface area contributed by atoms with Gasteiger partial charge in [-0.1, -0.05) is 60.0 Å². The molecule has 1 saturated heterocycles. The number of fused-ring (bicyclic) bond motifs is 1. The number of rotatable bonds is 8. The van der Waals surface area contributed by atoms with Gasteiger partial charge in [0.2, 0.25) is 17.9 Å². The van der Waals surface area contributed by atoms with Crippen LogP contribution in [0.25, 0.3) is 11.8 Å². The second-order valence-electron chi connectivity index (χ2n) is 7.29. The maximum Gasteiger partial charge on any atom is 0.266 e. The van der Waals surface area contributed by atoms with E-state index in [2.05, 4.69) is 20.8 Å². The third-order valence-electron chi connectivity index (χ3n) is 5.00. The third kappa shape index (κ3) is 5.31. The van der Waals surface area contributed by atoms with Crippen LogP contribution in [0, 0.1) is 0 Å². The summed E-state index contributed by atoms with van der Waals surface area (Å²) in [5.74, 6) is 1.07. The summed E-state index contributed by atoms with van der Waals surface area (Å²) in [7, 11) is 0. The van der Waals surface area contributed by atoms with Crippen LogP contribution in [0.4, 0.5) is 0 Å². The molecule has 0 atom stereocenters. The maximum absolute atomic E-state index is 12.8. The number of carbonyl (C=O) groups is 2. The summed E-state index contributed by atoms with van der Waals surface area (Å²) in [4.78, 5) is 27.2. The summed E-state index contributed by atoms with van der Waals surface area (Å²) < 4.78 is 12.7. The molecule has 0 unspecified atom stereocenters. The van der Waals surface area contributed by atoms with Gasteiger partial charge in [-0.05, 0) is 46.3 Å². The van der Waals surface area contributed by atoms with Crippen molar-refractivity contribution in [3.05, 3.63) is 59.0 Å². The fourth-order valence-corrected chi connectivity index (χ4v) is 5.36. The molecule has 0 spiro atoms. The molecule has 0 aliphatic carbocycles. The molecule has 35 heavy (non-hydrogen) atoms. The Balaban J connectivity index is 1.12. The van der Waals surface area contributed by atoms with Gasteiger partial charge in [-0.3, -0.25) is 14.5 Å². The fourth-order valence-electron chi connectivity index (χ4n) is 3.34. The molecule has 10 nitrogen and oxygen atoms in total. The van der Waals surface area contributed by atoms with Crippen molar-refractivity contribution in [2.24, 2.45) is 0 Å². The van der Waals surface area contributed by atoms with Crippen LogP contribution < -0.4 is 14.8 Å². The van der Waals surface area contributed by atoms with Gasteiger partial charge >= 0.3 is 0 Å². The first kappa shape index (κ1) is 23.3. The van der Waals surface area contributed by atoms with Gasteiger partial charge in [0.25, 0.3) is 5.91 Å².